The van der Waals surface area contributed by atoms with E-state index in [1.165, 1.54) is 12.1 Å². The van der Waals surface area contributed by atoms with Gasteiger partial charge in [0, 0.05) is 6.54 Å². The van der Waals surface area contributed by atoms with E-state index in [0.29, 0.717) is 6.54 Å². The summed E-state index contributed by atoms with van der Waals surface area (Å²) in [6, 6.07) is 17.1. The van der Waals surface area contributed by atoms with Crippen LogP contribution in [0.25, 0.3) is 0 Å². The van der Waals surface area contributed by atoms with Crippen molar-refractivity contribution in [2.24, 2.45) is 5.92 Å². The average Bonchev–Trinajstić information content (AvgIpc) is 2.65. The Morgan fingerprint density at radius 3 is 2.00 bits per heavy atom. The summed E-state index contributed by atoms with van der Waals surface area (Å²) in [6.07, 6.45) is 0. The number of hydrogen-bond acceptors (Lipinski definition) is 3. The summed E-state index contributed by atoms with van der Waals surface area (Å²) in [7, 11) is -3.75. The maximum atomic E-state index is 12.6. The zero-order chi connectivity index (χ0) is 19.2. The minimum absolute atomic E-state index is 0.138. The fourth-order valence-electron chi connectivity index (χ4n) is 2.59. The molecule has 1 unspecified atom stereocenters. The molecule has 26 heavy (non-hydrogen) atoms. The summed E-state index contributed by atoms with van der Waals surface area (Å²) in [5, 5.41) is 2.87. The second-order valence-corrected chi connectivity index (χ2v) is 8.43. The number of hydrogen-bond donors (Lipinski definition) is 2. The number of rotatable bonds is 8. The summed E-state index contributed by atoms with van der Waals surface area (Å²) in [6.45, 7) is 6.10. The molecular weight excluding hydrogens is 348 g/mol. The van der Waals surface area contributed by atoms with Crippen LogP contribution in [0.5, 0.6) is 0 Å². The number of carbonyl (C=O) groups excluding carboxylic acids is 1. The topological polar surface area (TPSA) is 75.3 Å². The van der Waals surface area contributed by atoms with Crippen molar-refractivity contribution in [2.45, 2.75) is 37.6 Å². The van der Waals surface area contributed by atoms with Gasteiger partial charge in [-0.1, -0.05) is 69.3 Å². The largest absolute Gasteiger partial charge is 0.354 e. The molecule has 0 saturated heterocycles. The Bertz CT molecular complexity index is 805. The highest BCUT2D eigenvalue weighted by molar-refractivity contribution is 7.89. The quantitative estimate of drug-likeness (QED) is 0.746. The number of benzene rings is 2. The second kappa shape index (κ2) is 8.96. The summed E-state index contributed by atoms with van der Waals surface area (Å²) < 4.78 is 27.6. The predicted octanol–water partition coefficient (Wildman–Crippen LogP) is 2.91. The molecule has 0 aliphatic heterocycles. The minimum atomic E-state index is -3.75. The van der Waals surface area contributed by atoms with Crippen molar-refractivity contribution in [1.29, 1.82) is 0 Å². The molecular formula is C20H26N2O3S. The van der Waals surface area contributed by atoms with E-state index >= 15 is 0 Å². The standard InChI is InChI=1S/C20H26N2O3S/c1-15(2)19(22-26(24,25)18-12-8-5-9-13-18)20(23)21-14-16(3)17-10-6-4-7-11-17/h4-13,15-16,19,22H,14H2,1-3H3,(H,21,23)/t16?,19-/m0/s1. The third-order valence-corrected chi connectivity index (χ3v) is 5.69. The van der Waals surface area contributed by atoms with Crippen molar-refractivity contribution < 1.29 is 13.2 Å². The summed E-state index contributed by atoms with van der Waals surface area (Å²) in [5.74, 6) is -0.360. The number of carbonyl (C=O) groups is 1. The van der Waals surface area contributed by atoms with Crippen LogP contribution >= 0.6 is 0 Å². The maximum Gasteiger partial charge on any atom is 0.241 e. The van der Waals surface area contributed by atoms with Gasteiger partial charge in [-0.05, 0) is 29.5 Å². The fourth-order valence-corrected chi connectivity index (χ4v) is 3.96. The van der Waals surface area contributed by atoms with Gasteiger partial charge in [0.15, 0.2) is 0 Å². The van der Waals surface area contributed by atoms with Crippen molar-refractivity contribution in [3.05, 3.63) is 66.2 Å². The number of amides is 1. The highest BCUT2D eigenvalue weighted by atomic mass is 32.2. The second-order valence-electron chi connectivity index (χ2n) is 6.71. The lowest BCUT2D eigenvalue weighted by Crippen LogP contribution is -2.50. The van der Waals surface area contributed by atoms with Crippen molar-refractivity contribution in [3.8, 4) is 0 Å². The van der Waals surface area contributed by atoms with Crippen LogP contribution in [-0.4, -0.2) is 26.9 Å². The molecule has 140 valence electrons. The Kier molecular flexibility index (Phi) is 6.94. The van der Waals surface area contributed by atoms with Gasteiger partial charge in [0.05, 0.1) is 4.90 Å². The van der Waals surface area contributed by atoms with Crippen LogP contribution in [0, 0.1) is 5.92 Å². The molecule has 2 N–H and O–H groups in total. The van der Waals surface area contributed by atoms with Gasteiger partial charge in [0.25, 0.3) is 0 Å². The number of nitrogens with one attached hydrogen (secondary N) is 2. The minimum Gasteiger partial charge on any atom is -0.354 e. The lowest BCUT2D eigenvalue weighted by Gasteiger charge is -2.23. The maximum absolute atomic E-state index is 12.6. The molecule has 2 atom stereocenters. The molecule has 0 radical (unpaired) electrons. The molecule has 2 aromatic rings. The Hall–Kier alpha value is -2.18. The Morgan fingerprint density at radius 2 is 1.46 bits per heavy atom. The van der Waals surface area contributed by atoms with Crippen molar-refractivity contribution >= 4 is 15.9 Å². The molecule has 5 nitrogen and oxygen atoms in total. The summed E-state index contributed by atoms with van der Waals surface area (Å²) in [5.41, 5.74) is 1.12. The lowest BCUT2D eigenvalue weighted by molar-refractivity contribution is -0.123. The van der Waals surface area contributed by atoms with Crippen LogP contribution in [0.2, 0.25) is 0 Å². The van der Waals surface area contributed by atoms with E-state index in [0.717, 1.165) is 5.56 Å². The van der Waals surface area contributed by atoms with E-state index in [1.54, 1.807) is 18.2 Å². The first-order valence-corrected chi connectivity index (χ1v) is 10.2. The molecule has 0 fully saturated rings. The third-order valence-electron chi connectivity index (χ3n) is 4.24. The predicted molar refractivity (Wildman–Crippen MR) is 103 cm³/mol. The van der Waals surface area contributed by atoms with Crippen LogP contribution in [-0.2, 0) is 14.8 Å². The SMILES string of the molecule is CC(CNC(=O)[C@@H](NS(=O)(=O)c1ccccc1)C(C)C)c1ccccc1. The lowest BCUT2D eigenvalue weighted by atomic mass is 10.0. The van der Waals surface area contributed by atoms with Crippen LogP contribution in [0.15, 0.2) is 65.6 Å². The smallest absolute Gasteiger partial charge is 0.241 e. The molecule has 0 heterocycles. The highest BCUT2D eigenvalue weighted by Crippen LogP contribution is 2.14. The van der Waals surface area contributed by atoms with Crippen molar-refractivity contribution in [3.63, 3.8) is 0 Å². The van der Waals surface area contributed by atoms with Crippen LogP contribution in [0.3, 0.4) is 0 Å². The zero-order valence-electron chi connectivity index (χ0n) is 15.3. The van der Waals surface area contributed by atoms with E-state index in [4.69, 9.17) is 0 Å². The van der Waals surface area contributed by atoms with E-state index in [2.05, 4.69) is 10.0 Å². The molecule has 0 aliphatic rings. The first-order valence-electron chi connectivity index (χ1n) is 8.71. The normalized spacial score (nSPS) is 14.0. The van der Waals surface area contributed by atoms with Gasteiger partial charge in [-0.2, -0.15) is 4.72 Å². The first kappa shape index (κ1) is 20.1. The van der Waals surface area contributed by atoms with E-state index < -0.39 is 16.1 Å². The molecule has 1 amide bonds. The van der Waals surface area contributed by atoms with Gasteiger partial charge < -0.3 is 5.32 Å². The van der Waals surface area contributed by atoms with E-state index in [9.17, 15) is 13.2 Å². The van der Waals surface area contributed by atoms with Crippen molar-refractivity contribution in [2.75, 3.05) is 6.54 Å². The monoisotopic (exact) mass is 374 g/mol. The van der Waals surface area contributed by atoms with Gasteiger partial charge in [-0.25, -0.2) is 8.42 Å². The van der Waals surface area contributed by atoms with Gasteiger partial charge in [-0.15, -0.1) is 0 Å². The Morgan fingerprint density at radius 1 is 0.923 bits per heavy atom. The van der Waals surface area contributed by atoms with E-state index in [1.807, 2.05) is 51.1 Å². The van der Waals surface area contributed by atoms with Crippen LogP contribution in [0.1, 0.15) is 32.3 Å². The summed E-state index contributed by atoms with van der Waals surface area (Å²) >= 11 is 0. The molecule has 2 aromatic carbocycles. The third kappa shape index (κ3) is 5.41. The van der Waals surface area contributed by atoms with E-state index in [-0.39, 0.29) is 22.6 Å². The fraction of sp³-hybridized carbons (Fsp3) is 0.350. The average molecular weight is 375 g/mol. The highest BCUT2D eigenvalue weighted by Gasteiger charge is 2.28. The van der Waals surface area contributed by atoms with Crippen LogP contribution < -0.4 is 10.0 Å². The van der Waals surface area contributed by atoms with Gasteiger partial charge in [0.1, 0.15) is 6.04 Å². The first-order chi connectivity index (χ1) is 12.3. The van der Waals surface area contributed by atoms with Gasteiger partial charge >= 0.3 is 0 Å². The number of sulfonamides is 1. The molecule has 0 aliphatic carbocycles. The molecule has 0 spiro atoms. The summed E-state index contributed by atoms with van der Waals surface area (Å²) in [4.78, 5) is 12.7. The van der Waals surface area contributed by atoms with Crippen molar-refractivity contribution in [1.82, 2.24) is 10.0 Å². The molecule has 0 aromatic heterocycles. The Balaban J connectivity index is 2.04. The molecule has 0 saturated carbocycles. The van der Waals surface area contributed by atoms with Gasteiger partial charge in [-0.3, -0.25) is 4.79 Å². The molecule has 2 rings (SSSR count). The Labute approximate surface area is 155 Å². The van der Waals surface area contributed by atoms with Gasteiger partial charge in [0.2, 0.25) is 15.9 Å². The zero-order valence-corrected chi connectivity index (χ0v) is 16.2. The molecule has 6 heteroatoms. The molecule has 0 bridgehead atoms. The van der Waals surface area contributed by atoms with Crippen LogP contribution in [0.4, 0.5) is 0 Å².